The number of hydrogen-bond donors (Lipinski definition) is 1. The molecule has 2 amide bonds. The Morgan fingerprint density at radius 1 is 1.09 bits per heavy atom. The highest BCUT2D eigenvalue weighted by atomic mass is 35.5. The van der Waals surface area contributed by atoms with Gasteiger partial charge in [0.15, 0.2) is 0 Å². The molecule has 1 unspecified atom stereocenters. The third-order valence-electron chi connectivity index (χ3n) is 5.55. The Hall–Kier alpha value is -2.29. The van der Waals surface area contributed by atoms with E-state index in [9.17, 15) is 18.0 Å². The van der Waals surface area contributed by atoms with Gasteiger partial charge in [-0.3, -0.25) is 13.9 Å². The predicted molar refractivity (Wildman–Crippen MR) is 142 cm³/mol. The molecule has 2 aromatic carbocycles. The van der Waals surface area contributed by atoms with E-state index in [0.29, 0.717) is 21.3 Å². The highest BCUT2D eigenvalue weighted by molar-refractivity contribution is 7.92. The first-order valence-electron chi connectivity index (χ1n) is 11.1. The zero-order valence-corrected chi connectivity index (χ0v) is 23.5. The average molecular weight is 543 g/mol. The molecule has 1 N–H and O–H groups in total. The van der Waals surface area contributed by atoms with Crippen molar-refractivity contribution >= 4 is 50.7 Å². The second kappa shape index (κ2) is 11.2. The molecule has 10 heteroatoms. The highest BCUT2D eigenvalue weighted by Crippen LogP contribution is 2.27. The van der Waals surface area contributed by atoms with Crippen LogP contribution in [0.25, 0.3) is 0 Å². The minimum Gasteiger partial charge on any atom is -0.350 e. The minimum absolute atomic E-state index is 0.00202. The molecule has 0 spiro atoms. The van der Waals surface area contributed by atoms with Crippen LogP contribution >= 0.6 is 23.2 Å². The largest absolute Gasteiger partial charge is 0.350 e. The maximum absolute atomic E-state index is 13.6. The molecule has 0 heterocycles. The van der Waals surface area contributed by atoms with Gasteiger partial charge >= 0.3 is 0 Å². The summed E-state index contributed by atoms with van der Waals surface area (Å²) in [5, 5.41) is 3.66. The summed E-state index contributed by atoms with van der Waals surface area (Å²) in [5.74, 6) is -0.910. The molecule has 35 heavy (non-hydrogen) atoms. The van der Waals surface area contributed by atoms with Crippen molar-refractivity contribution in [3.8, 4) is 0 Å². The van der Waals surface area contributed by atoms with E-state index in [0.717, 1.165) is 21.7 Å². The molecule has 192 valence electrons. The highest BCUT2D eigenvalue weighted by Gasteiger charge is 2.32. The SMILES string of the molecule is Cc1cccc(N(CC(=O)N(Cc2ccc(Cl)cc2Cl)C(C)C(=O)NC(C)(C)C)S(C)(=O)=O)c1C. The smallest absolute Gasteiger partial charge is 0.244 e. The molecule has 0 saturated carbocycles. The summed E-state index contributed by atoms with van der Waals surface area (Å²) in [4.78, 5) is 28.0. The van der Waals surface area contributed by atoms with Crippen LogP contribution in [-0.2, 0) is 26.2 Å². The maximum atomic E-state index is 13.6. The van der Waals surface area contributed by atoms with Crippen molar-refractivity contribution in [3.63, 3.8) is 0 Å². The lowest BCUT2D eigenvalue weighted by Gasteiger charge is -2.33. The summed E-state index contributed by atoms with van der Waals surface area (Å²) >= 11 is 12.4. The molecule has 2 aromatic rings. The van der Waals surface area contributed by atoms with Gasteiger partial charge in [0.1, 0.15) is 12.6 Å². The number of hydrogen-bond acceptors (Lipinski definition) is 4. The Morgan fingerprint density at radius 2 is 1.71 bits per heavy atom. The molecule has 2 rings (SSSR count). The van der Waals surface area contributed by atoms with Crippen LogP contribution in [0.3, 0.4) is 0 Å². The van der Waals surface area contributed by atoms with Crippen LogP contribution in [0.15, 0.2) is 36.4 Å². The Labute approximate surface area is 218 Å². The molecule has 0 fully saturated rings. The third kappa shape index (κ3) is 7.85. The molecule has 7 nitrogen and oxygen atoms in total. The Morgan fingerprint density at radius 3 is 2.26 bits per heavy atom. The predicted octanol–water partition coefficient (Wildman–Crippen LogP) is 4.71. The summed E-state index contributed by atoms with van der Waals surface area (Å²) in [6.45, 7) is 10.3. The van der Waals surface area contributed by atoms with Gasteiger partial charge in [0.2, 0.25) is 21.8 Å². The number of amides is 2. The number of benzene rings is 2. The first-order valence-corrected chi connectivity index (χ1v) is 13.7. The number of carbonyl (C=O) groups is 2. The normalized spacial score (nSPS) is 12.7. The fourth-order valence-corrected chi connectivity index (χ4v) is 4.86. The van der Waals surface area contributed by atoms with Gasteiger partial charge in [-0.25, -0.2) is 8.42 Å². The number of rotatable bonds is 8. The fraction of sp³-hybridized carbons (Fsp3) is 0.440. The van der Waals surface area contributed by atoms with E-state index >= 15 is 0 Å². The van der Waals surface area contributed by atoms with Crippen molar-refractivity contribution < 1.29 is 18.0 Å². The van der Waals surface area contributed by atoms with Crippen molar-refractivity contribution in [1.29, 1.82) is 0 Å². The zero-order chi connectivity index (χ0) is 26.7. The maximum Gasteiger partial charge on any atom is 0.244 e. The van der Waals surface area contributed by atoms with Crippen LogP contribution in [0.1, 0.15) is 44.4 Å². The molecule has 0 aliphatic heterocycles. The molecule has 0 aliphatic rings. The summed E-state index contributed by atoms with van der Waals surface area (Å²) in [6, 6.07) is 9.25. The van der Waals surface area contributed by atoms with Crippen LogP contribution in [0.5, 0.6) is 0 Å². The van der Waals surface area contributed by atoms with E-state index in [1.165, 1.54) is 4.90 Å². The lowest BCUT2D eigenvalue weighted by molar-refractivity contribution is -0.140. The molecule has 1 atom stereocenters. The molecule has 0 radical (unpaired) electrons. The van der Waals surface area contributed by atoms with Gasteiger partial charge in [-0.15, -0.1) is 0 Å². The topological polar surface area (TPSA) is 86.8 Å². The molecule has 0 aliphatic carbocycles. The second-order valence-electron chi connectivity index (χ2n) is 9.66. The number of aryl methyl sites for hydroxylation is 1. The summed E-state index contributed by atoms with van der Waals surface area (Å²) in [6.07, 6.45) is 1.05. The van der Waals surface area contributed by atoms with Gasteiger partial charge in [0, 0.05) is 22.1 Å². The van der Waals surface area contributed by atoms with E-state index in [1.54, 1.807) is 44.2 Å². The summed E-state index contributed by atoms with van der Waals surface area (Å²) in [7, 11) is -3.81. The van der Waals surface area contributed by atoms with E-state index < -0.39 is 34.1 Å². The number of nitrogens with one attached hydrogen (secondary N) is 1. The van der Waals surface area contributed by atoms with Crippen LogP contribution in [0.2, 0.25) is 10.0 Å². The van der Waals surface area contributed by atoms with Gasteiger partial charge in [0.05, 0.1) is 11.9 Å². The van der Waals surface area contributed by atoms with Gasteiger partial charge in [-0.05, 0) is 76.4 Å². The molecular formula is C25H33Cl2N3O4S. The standard InChI is InChI=1S/C25H33Cl2N3O4S/c1-16-9-8-10-22(17(16)2)30(35(7,33)34)15-23(31)29(18(3)24(32)28-25(4,5)6)14-19-11-12-20(26)13-21(19)27/h8-13,18H,14-15H2,1-7H3,(H,28,32). The van der Waals surface area contributed by atoms with Gasteiger partial charge in [0.25, 0.3) is 0 Å². The Kier molecular flexibility index (Phi) is 9.25. The number of anilines is 1. The fourth-order valence-electron chi connectivity index (χ4n) is 3.49. The monoisotopic (exact) mass is 541 g/mol. The molecule has 0 bridgehead atoms. The lowest BCUT2D eigenvalue weighted by atomic mass is 10.1. The molecule has 0 saturated heterocycles. The van der Waals surface area contributed by atoms with Crippen molar-refractivity contribution in [2.24, 2.45) is 0 Å². The van der Waals surface area contributed by atoms with Crippen LogP contribution in [0, 0.1) is 13.8 Å². The van der Waals surface area contributed by atoms with E-state index in [-0.39, 0.29) is 12.5 Å². The van der Waals surface area contributed by atoms with Gasteiger partial charge in [-0.2, -0.15) is 0 Å². The number of sulfonamides is 1. The van der Waals surface area contributed by atoms with Crippen LogP contribution in [-0.4, -0.2) is 49.5 Å². The van der Waals surface area contributed by atoms with E-state index in [1.807, 2.05) is 33.8 Å². The van der Waals surface area contributed by atoms with Crippen molar-refractivity contribution in [2.45, 2.75) is 59.7 Å². The molecule has 0 aromatic heterocycles. The average Bonchev–Trinajstić information content (AvgIpc) is 2.71. The molecular weight excluding hydrogens is 509 g/mol. The van der Waals surface area contributed by atoms with E-state index in [2.05, 4.69) is 5.32 Å². The zero-order valence-electron chi connectivity index (χ0n) is 21.1. The first kappa shape index (κ1) is 28.9. The Balaban J connectivity index is 2.49. The third-order valence-corrected chi connectivity index (χ3v) is 7.26. The van der Waals surface area contributed by atoms with Gasteiger partial charge < -0.3 is 10.2 Å². The van der Waals surface area contributed by atoms with Gasteiger partial charge in [-0.1, -0.05) is 41.4 Å². The van der Waals surface area contributed by atoms with Crippen molar-refractivity contribution in [1.82, 2.24) is 10.2 Å². The summed E-state index contributed by atoms with van der Waals surface area (Å²) < 4.78 is 26.5. The van der Waals surface area contributed by atoms with E-state index in [4.69, 9.17) is 23.2 Å². The minimum atomic E-state index is -3.81. The van der Waals surface area contributed by atoms with Crippen molar-refractivity contribution in [3.05, 3.63) is 63.1 Å². The Bertz CT molecular complexity index is 1210. The van der Waals surface area contributed by atoms with Crippen LogP contribution in [0.4, 0.5) is 5.69 Å². The number of carbonyl (C=O) groups excluding carboxylic acids is 2. The number of nitrogens with zero attached hydrogens (tertiary/aromatic N) is 2. The summed E-state index contributed by atoms with van der Waals surface area (Å²) in [5.41, 5.74) is 2.12. The van der Waals surface area contributed by atoms with Crippen molar-refractivity contribution in [2.75, 3.05) is 17.1 Å². The quantitative estimate of drug-likeness (QED) is 0.524. The van der Waals surface area contributed by atoms with Crippen LogP contribution < -0.4 is 9.62 Å². The number of halogens is 2. The lowest BCUT2D eigenvalue weighted by Crippen LogP contribution is -2.54. The first-order chi connectivity index (χ1) is 16.0. The second-order valence-corrected chi connectivity index (χ2v) is 12.4.